The first-order valence-corrected chi connectivity index (χ1v) is 7.63. The Morgan fingerprint density at radius 1 is 1.25 bits per heavy atom. The van der Waals surface area contributed by atoms with Gasteiger partial charge in [-0.1, -0.05) is 30.3 Å². The van der Waals surface area contributed by atoms with Gasteiger partial charge in [-0.2, -0.15) is 0 Å². The predicted octanol–water partition coefficient (Wildman–Crippen LogP) is 2.83. The largest absolute Gasteiger partial charge is 0.389 e. The molecule has 0 aromatic heterocycles. The highest BCUT2D eigenvalue weighted by Crippen LogP contribution is 2.17. The Labute approximate surface area is 122 Å². The van der Waals surface area contributed by atoms with Crippen molar-refractivity contribution in [1.29, 1.82) is 0 Å². The molecule has 1 fully saturated rings. The van der Waals surface area contributed by atoms with Gasteiger partial charge in [-0.3, -0.25) is 4.90 Å². The molecule has 0 amide bonds. The molecule has 0 bridgehead atoms. The van der Waals surface area contributed by atoms with E-state index in [4.69, 9.17) is 4.74 Å². The molecule has 1 saturated heterocycles. The SMILES string of the molecule is CC(C)(O)CN(Cc1ccccc1)CC1CCCCO1. The van der Waals surface area contributed by atoms with Crippen LogP contribution in [0.15, 0.2) is 30.3 Å². The molecule has 1 aromatic rings. The van der Waals surface area contributed by atoms with E-state index in [1.807, 2.05) is 19.9 Å². The van der Waals surface area contributed by atoms with Crippen molar-refractivity contribution >= 4 is 0 Å². The lowest BCUT2D eigenvalue weighted by Crippen LogP contribution is -2.43. The van der Waals surface area contributed by atoms with Gasteiger partial charge < -0.3 is 9.84 Å². The van der Waals surface area contributed by atoms with Crippen molar-refractivity contribution in [3.05, 3.63) is 35.9 Å². The van der Waals surface area contributed by atoms with Gasteiger partial charge in [-0.25, -0.2) is 0 Å². The van der Waals surface area contributed by atoms with Crippen molar-refractivity contribution in [3.8, 4) is 0 Å². The number of benzene rings is 1. The zero-order valence-corrected chi connectivity index (χ0v) is 12.7. The van der Waals surface area contributed by atoms with Gasteiger partial charge in [0.2, 0.25) is 0 Å². The van der Waals surface area contributed by atoms with Crippen molar-refractivity contribution in [2.45, 2.75) is 51.4 Å². The lowest BCUT2D eigenvalue weighted by atomic mass is 10.1. The lowest BCUT2D eigenvalue weighted by molar-refractivity contribution is -0.0278. The van der Waals surface area contributed by atoms with Gasteiger partial charge in [0.05, 0.1) is 11.7 Å². The summed E-state index contributed by atoms with van der Waals surface area (Å²) in [6, 6.07) is 10.4. The van der Waals surface area contributed by atoms with E-state index in [1.165, 1.54) is 18.4 Å². The van der Waals surface area contributed by atoms with E-state index in [-0.39, 0.29) is 0 Å². The van der Waals surface area contributed by atoms with E-state index < -0.39 is 5.60 Å². The molecule has 1 atom stereocenters. The maximum atomic E-state index is 10.1. The third-order valence-electron chi connectivity index (χ3n) is 3.60. The second kappa shape index (κ2) is 7.21. The number of hydrogen-bond donors (Lipinski definition) is 1. The zero-order chi connectivity index (χ0) is 14.4. The van der Waals surface area contributed by atoms with Gasteiger partial charge in [-0.15, -0.1) is 0 Å². The van der Waals surface area contributed by atoms with Crippen molar-refractivity contribution in [2.75, 3.05) is 19.7 Å². The fourth-order valence-corrected chi connectivity index (χ4v) is 2.81. The van der Waals surface area contributed by atoms with Crippen molar-refractivity contribution in [2.24, 2.45) is 0 Å². The van der Waals surface area contributed by atoms with Crippen LogP contribution in [-0.2, 0) is 11.3 Å². The fourth-order valence-electron chi connectivity index (χ4n) is 2.81. The Hall–Kier alpha value is -0.900. The minimum absolute atomic E-state index is 0.315. The van der Waals surface area contributed by atoms with Crippen LogP contribution in [-0.4, -0.2) is 41.4 Å². The van der Waals surface area contributed by atoms with Crippen LogP contribution >= 0.6 is 0 Å². The highest BCUT2D eigenvalue weighted by molar-refractivity contribution is 5.14. The molecule has 0 aliphatic carbocycles. The molecule has 1 unspecified atom stereocenters. The molecule has 0 radical (unpaired) electrons. The minimum atomic E-state index is -0.677. The molecular weight excluding hydrogens is 250 g/mol. The summed E-state index contributed by atoms with van der Waals surface area (Å²) in [6.07, 6.45) is 3.89. The van der Waals surface area contributed by atoms with Gasteiger partial charge in [0.15, 0.2) is 0 Å². The number of hydrogen-bond acceptors (Lipinski definition) is 3. The molecule has 3 nitrogen and oxygen atoms in total. The Bertz CT molecular complexity index is 380. The molecule has 112 valence electrons. The summed E-state index contributed by atoms with van der Waals surface area (Å²) >= 11 is 0. The van der Waals surface area contributed by atoms with Crippen LogP contribution < -0.4 is 0 Å². The molecule has 2 rings (SSSR count). The normalized spacial score (nSPS) is 20.3. The third-order valence-corrected chi connectivity index (χ3v) is 3.60. The van der Waals surface area contributed by atoms with E-state index in [0.29, 0.717) is 12.6 Å². The average Bonchev–Trinajstić information content (AvgIpc) is 2.39. The first kappa shape index (κ1) is 15.5. The quantitative estimate of drug-likeness (QED) is 0.868. The van der Waals surface area contributed by atoms with Crippen molar-refractivity contribution in [1.82, 2.24) is 4.90 Å². The van der Waals surface area contributed by atoms with Gasteiger partial charge >= 0.3 is 0 Å². The molecule has 20 heavy (non-hydrogen) atoms. The monoisotopic (exact) mass is 277 g/mol. The second-order valence-corrected chi connectivity index (χ2v) is 6.46. The first-order chi connectivity index (χ1) is 9.53. The molecule has 3 heteroatoms. The minimum Gasteiger partial charge on any atom is -0.389 e. The van der Waals surface area contributed by atoms with E-state index in [2.05, 4.69) is 29.2 Å². The Balaban J connectivity index is 1.96. The van der Waals surface area contributed by atoms with E-state index in [0.717, 1.165) is 26.1 Å². The van der Waals surface area contributed by atoms with E-state index in [9.17, 15) is 5.11 Å². The van der Waals surface area contributed by atoms with Crippen LogP contribution in [0.5, 0.6) is 0 Å². The third kappa shape index (κ3) is 5.61. The number of rotatable bonds is 6. The summed E-state index contributed by atoms with van der Waals surface area (Å²) in [6.45, 7) is 7.05. The molecule has 0 saturated carbocycles. The summed E-state index contributed by atoms with van der Waals surface area (Å²) in [5, 5.41) is 10.1. The smallest absolute Gasteiger partial charge is 0.0718 e. The van der Waals surface area contributed by atoms with Crippen LogP contribution in [0.1, 0.15) is 38.7 Å². The van der Waals surface area contributed by atoms with Crippen LogP contribution in [0.3, 0.4) is 0 Å². The summed E-state index contributed by atoms with van der Waals surface area (Å²) in [5.74, 6) is 0. The number of nitrogens with zero attached hydrogens (tertiary/aromatic N) is 1. The van der Waals surface area contributed by atoms with Gasteiger partial charge in [0.25, 0.3) is 0 Å². The molecule has 1 heterocycles. The predicted molar refractivity (Wildman–Crippen MR) is 81.6 cm³/mol. The van der Waals surface area contributed by atoms with Gasteiger partial charge in [0, 0.05) is 26.2 Å². The maximum absolute atomic E-state index is 10.1. The van der Waals surface area contributed by atoms with Gasteiger partial charge in [0.1, 0.15) is 0 Å². The Kier molecular flexibility index (Phi) is 5.58. The van der Waals surface area contributed by atoms with Crippen LogP contribution in [0.4, 0.5) is 0 Å². The van der Waals surface area contributed by atoms with Crippen LogP contribution in [0, 0.1) is 0 Å². The summed E-state index contributed by atoms with van der Waals surface area (Å²) in [5.41, 5.74) is 0.608. The average molecular weight is 277 g/mol. The van der Waals surface area contributed by atoms with E-state index >= 15 is 0 Å². The van der Waals surface area contributed by atoms with Crippen molar-refractivity contribution in [3.63, 3.8) is 0 Å². The molecular formula is C17H27NO2. The van der Waals surface area contributed by atoms with Gasteiger partial charge in [-0.05, 0) is 38.7 Å². The van der Waals surface area contributed by atoms with Crippen LogP contribution in [0.2, 0.25) is 0 Å². The Morgan fingerprint density at radius 3 is 2.60 bits per heavy atom. The first-order valence-electron chi connectivity index (χ1n) is 7.63. The second-order valence-electron chi connectivity index (χ2n) is 6.46. The Morgan fingerprint density at radius 2 is 2.00 bits per heavy atom. The summed E-state index contributed by atoms with van der Waals surface area (Å²) in [7, 11) is 0. The highest BCUT2D eigenvalue weighted by atomic mass is 16.5. The molecule has 1 aromatic carbocycles. The standard InChI is InChI=1S/C17H27NO2/c1-17(2,19)14-18(12-15-8-4-3-5-9-15)13-16-10-6-7-11-20-16/h3-5,8-9,16,19H,6-7,10-14H2,1-2H3. The van der Waals surface area contributed by atoms with Crippen molar-refractivity contribution < 1.29 is 9.84 Å². The number of ether oxygens (including phenoxy) is 1. The number of aliphatic hydroxyl groups is 1. The lowest BCUT2D eigenvalue weighted by Gasteiger charge is -2.33. The maximum Gasteiger partial charge on any atom is 0.0718 e. The zero-order valence-electron chi connectivity index (χ0n) is 12.7. The molecule has 1 aliphatic rings. The molecule has 1 N–H and O–H groups in total. The van der Waals surface area contributed by atoms with Crippen LogP contribution in [0.25, 0.3) is 0 Å². The molecule has 1 aliphatic heterocycles. The molecule has 0 spiro atoms. The topological polar surface area (TPSA) is 32.7 Å². The van der Waals surface area contributed by atoms with E-state index in [1.54, 1.807) is 0 Å². The summed E-state index contributed by atoms with van der Waals surface area (Å²) in [4.78, 5) is 2.31. The fraction of sp³-hybridized carbons (Fsp3) is 0.647. The summed E-state index contributed by atoms with van der Waals surface area (Å²) < 4.78 is 5.84. The highest BCUT2D eigenvalue weighted by Gasteiger charge is 2.23.